The minimum atomic E-state index is -0.738. The van der Waals surface area contributed by atoms with Crippen LogP contribution < -0.4 is 5.32 Å². The molecular weight excluding hydrogens is 364 g/mol. The lowest BCUT2D eigenvalue weighted by atomic mass is 10.1. The van der Waals surface area contributed by atoms with E-state index in [1.807, 2.05) is 0 Å². The summed E-state index contributed by atoms with van der Waals surface area (Å²) in [4.78, 5) is 24.4. The molecule has 0 radical (unpaired) electrons. The van der Waals surface area contributed by atoms with Crippen LogP contribution in [-0.4, -0.2) is 22.5 Å². The molecular formula is C18H14ClF2N3O2. The van der Waals surface area contributed by atoms with Gasteiger partial charge in [-0.15, -0.1) is 0 Å². The number of halogens is 3. The fourth-order valence-electron chi connectivity index (χ4n) is 2.45. The summed E-state index contributed by atoms with van der Waals surface area (Å²) in [5, 5.41) is 7.52. The number of nitrogens with one attached hydrogen (secondary N) is 1. The highest BCUT2D eigenvalue weighted by Gasteiger charge is 2.25. The van der Waals surface area contributed by atoms with E-state index >= 15 is 0 Å². The highest BCUT2D eigenvalue weighted by molar-refractivity contribution is 6.43. The van der Waals surface area contributed by atoms with Crippen molar-refractivity contribution in [3.63, 3.8) is 0 Å². The van der Waals surface area contributed by atoms with Crippen molar-refractivity contribution in [2.45, 2.75) is 19.4 Å². The summed E-state index contributed by atoms with van der Waals surface area (Å²) in [5.74, 6) is -1.98. The first-order valence-corrected chi connectivity index (χ1v) is 8.19. The SMILES string of the molecule is O=C(Nc1cccc(Cl)c1F)C1=NN(Cc2ccc(F)cc2)C(=O)CC1. The average Bonchev–Trinajstić information content (AvgIpc) is 2.62. The second-order valence-corrected chi connectivity index (χ2v) is 6.09. The van der Waals surface area contributed by atoms with E-state index in [-0.39, 0.29) is 47.5 Å². The molecule has 3 rings (SSSR count). The molecule has 2 aromatic carbocycles. The quantitative estimate of drug-likeness (QED) is 0.882. The Hall–Kier alpha value is -2.80. The predicted octanol–water partition coefficient (Wildman–Crippen LogP) is 3.74. The van der Waals surface area contributed by atoms with Crippen LogP contribution in [0.15, 0.2) is 47.6 Å². The van der Waals surface area contributed by atoms with E-state index in [1.165, 1.54) is 42.5 Å². The Morgan fingerprint density at radius 3 is 2.62 bits per heavy atom. The number of benzene rings is 2. The topological polar surface area (TPSA) is 61.8 Å². The molecule has 1 aliphatic heterocycles. The lowest BCUT2D eigenvalue weighted by Crippen LogP contribution is -2.36. The monoisotopic (exact) mass is 377 g/mol. The summed E-state index contributed by atoms with van der Waals surface area (Å²) in [6.07, 6.45) is 0.248. The van der Waals surface area contributed by atoms with Crippen molar-refractivity contribution >= 4 is 34.8 Å². The van der Waals surface area contributed by atoms with E-state index in [0.717, 1.165) is 5.01 Å². The van der Waals surface area contributed by atoms with Gasteiger partial charge >= 0.3 is 0 Å². The minimum absolute atomic E-state index is 0.0628. The Kier molecular flexibility index (Phi) is 5.27. The summed E-state index contributed by atoms with van der Waals surface area (Å²) in [5.41, 5.74) is 0.712. The minimum Gasteiger partial charge on any atom is -0.318 e. The molecule has 0 atom stereocenters. The van der Waals surface area contributed by atoms with Gasteiger partial charge in [-0.1, -0.05) is 29.8 Å². The van der Waals surface area contributed by atoms with Gasteiger partial charge in [0, 0.05) is 12.8 Å². The zero-order valence-corrected chi connectivity index (χ0v) is 14.3. The number of rotatable bonds is 4. The molecule has 0 saturated heterocycles. The van der Waals surface area contributed by atoms with Crippen LogP contribution in [0.2, 0.25) is 5.02 Å². The van der Waals surface area contributed by atoms with Gasteiger partial charge in [0.15, 0.2) is 5.82 Å². The van der Waals surface area contributed by atoms with Gasteiger partial charge in [0.25, 0.3) is 5.91 Å². The van der Waals surface area contributed by atoms with Crippen LogP contribution in [0.25, 0.3) is 0 Å². The van der Waals surface area contributed by atoms with Crippen molar-refractivity contribution in [3.05, 3.63) is 64.7 Å². The first-order valence-electron chi connectivity index (χ1n) is 7.81. The highest BCUT2D eigenvalue weighted by atomic mass is 35.5. The molecule has 0 unspecified atom stereocenters. The van der Waals surface area contributed by atoms with Gasteiger partial charge < -0.3 is 5.32 Å². The Morgan fingerprint density at radius 1 is 1.15 bits per heavy atom. The van der Waals surface area contributed by atoms with Gasteiger partial charge in [-0.25, -0.2) is 13.8 Å². The largest absolute Gasteiger partial charge is 0.318 e. The molecule has 0 bridgehead atoms. The molecule has 5 nitrogen and oxygen atoms in total. The molecule has 1 aliphatic rings. The third kappa shape index (κ3) is 4.05. The third-order valence-electron chi connectivity index (χ3n) is 3.81. The molecule has 134 valence electrons. The number of hydrogen-bond donors (Lipinski definition) is 1. The van der Waals surface area contributed by atoms with Crippen LogP contribution in [0.5, 0.6) is 0 Å². The number of hydrazone groups is 1. The molecule has 26 heavy (non-hydrogen) atoms. The van der Waals surface area contributed by atoms with Gasteiger partial charge in [0.1, 0.15) is 11.5 Å². The molecule has 0 aliphatic carbocycles. The first kappa shape index (κ1) is 18.0. The average molecular weight is 378 g/mol. The first-order chi connectivity index (χ1) is 12.4. The maximum atomic E-state index is 13.9. The van der Waals surface area contributed by atoms with E-state index < -0.39 is 11.7 Å². The molecule has 0 spiro atoms. The van der Waals surface area contributed by atoms with Gasteiger partial charge in [-0.2, -0.15) is 5.10 Å². The number of hydrogen-bond acceptors (Lipinski definition) is 3. The van der Waals surface area contributed by atoms with Crippen molar-refractivity contribution < 1.29 is 18.4 Å². The summed E-state index contributed by atoms with van der Waals surface area (Å²) < 4.78 is 26.9. The zero-order chi connectivity index (χ0) is 18.7. The fourth-order valence-corrected chi connectivity index (χ4v) is 2.62. The van der Waals surface area contributed by atoms with Crippen LogP contribution >= 0.6 is 11.6 Å². The lowest BCUT2D eigenvalue weighted by Gasteiger charge is -2.23. The smallest absolute Gasteiger partial charge is 0.271 e. The number of amides is 2. The Labute approximate surface area is 153 Å². The normalized spacial score (nSPS) is 14.2. The summed E-state index contributed by atoms with van der Waals surface area (Å²) in [6.45, 7) is 0.113. The van der Waals surface area contributed by atoms with Crippen molar-refractivity contribution in [3.8, 4) is 0 Å². The second-order valence-electron chi connectivity index (χ2n) is 5.68. The van der Waals surface area contributed by atoms with E-state index in [1.54, 1.807) is 0 Å². The molecule has 0 aromatic heterocycles. The number of anilines is 1. The summed E-state index contributed by atoms with van der Waals surface area (Å²) in [7, 11) is 0. The van der Waals surface area contributed by atoms with Gasteiger partial charge in [0.05, 0.1) is 17.3 Å². The van der Waals surface area contributed by atoms with Crippen LogP contribution in [0.4, 0.5) is 14.5 Å². The Morgan fingerprint density at radius 2 is 1.88 bits per heavy atom. The van der Waals surface area contributed by atoms with Crippen molar-refractivity contribution in [2.24, 2.45) is 5.10 Å². The predicted molar refractivity (Wildman–Crippen MR) is 93.7 cm³/mol. The second kappa shape index (κ2) is 7.61. The van der Waals surface area contributed by atoms with Gasteiger partial charge in [0.2, 0.25) is 5.91 Å². The summed E-state index contributed by atoms with van der Waals surface area (Å²) in [6, 6.07) is 9.89. The fraction of sp³-hybridized carbons (Fsp3) is 0.167. The molecule has 8 heteroatoms. The van der Waals surface area contributed by atoms with Crippen molar-refractivity contribution in [1.29, 1.82) is 0 Å². The highest BCUT2D eigenvalue weighted by Crippen LogP contribution is 2.22. The van der Waals surface area contributed by atoms with Gasteiger partial charge in [-0.3, -0.25) is 9.59 Å². The van der Waals surface area contributed by atoms with Crippen LogP contribution in [-0.2, 0) is 16.1 Å². The molecule has 2 aromatic rings. The molecule has 1 N–H and O–H groups in total. The van der Waals surface area contributed by atoms with Crippen molar-refractivity contribution in [2.75, 3.05) is 5.32 Å². The number of carbonyl (C=O) groups is 2. The van der Waals surface area contributed by atoms with E-state index in [9.17, 15) is 18.4 Å². The van der Waals surface area contributed by atoms with Crippen molar-refractivity contribution in [1.82, 2.24) is 5.01 Å². The molecule has 2 amide bonds. The molecule has 1 heterocycles. The molecule has 0 saturated carbocycles. The zero-order valence-electron chi connectivity index (χ0n) is 13.5. The van der Waals surface area contributed by atoms with E-state index in [0.29, 0.717) is 5.56 Å². The Balaban J connectivity index is 1.76. The molecule has 0 fully saturated rings. The third-order valence-corrected chi connectivity index (χ3v) is 4.10. The maximum absolute atomic E-state index is 13.9. The lowest BCUT2D eigenvalue weighted by molar-refractivity contribution is -0.132. The van der Waals surface area contributed by atoms with E-state index in [2.05, 4.69) is 10.4 Å². The van der Waals surface area contributed by atoms with E-state index in [4.69, 9.17) is 11.6 Å². The van der Waals surface area contributed by atoms with Crippen LogP contribution in [0, 0.1) is 11.6 Å². The maximum Gasteiger partial charge on any atom is 0.271 e. The summed E-state index contributed by atoms with van der Waals surface area (Å²) >= 11 is 5.69. The number of nitrogens with zero attached hydrogens (tertiary/aromatic N) is 2. The van der Waals surface area contributed by atoms with Crippen LogP contribution in [0.3, 0.4) is 0 Å². The van der Waals surface area contributed by atoms with Crippen LogP contribution in [0.1, 0.15) is 18.4 Å². The Bertz CT molecular complexity index is 885. The standard InChI is InChI=1S/C18H14ClF2N3O2/c19-13-2-1-3-14(17(13)21)22-18(26)15-8-9-16(25)24(23-15)10-11-4-6-12(20)7-5-11/h1-7H,8-10H2,(H,22,26). The van der Waals surface area contributed by atoms with Gasteiger partial charge in [-0.05, 0) is 29.8 Å². The number of carbonyl (C=O) groups excluding carboxylic acids is 2.